The number of ether oxygens (including phenoxy) is 1. The van der Waals surface area contributed by atoms with E-state index in [-0.39, 0.29) is 0 Å². The molecule has 1 aliphatic heterocycles. The maximum absolute atomic E-state index is 5.58. The summed E-state index contributed by atoms with van der Waals surface area (Å²) in [5.74, 6) is 1.63. The van der Waals surface area contributed by atoms with Gasteiger partial charge in [0.2, 0.25) is 0 Å². The summed E-state index contributed by atoms with van der Waals surface area (Å²) in [6, 6.07) is 0. The van der Waals surface area contributed by atoms with Crippen molar-refractivity contribution in [2.75, 3.05) is 6.61 Å². The Bertz CT molecular complexity index is 98.9. The van der Waals surface area contributed by atoms with Crippen molar-refractivity contribution < 1.29 is 4.74 Å². The van der Waals surface area contributed by atoms with E-state index in [4.69, 9.17) is 4.74 Å². The summed E-state index contributed by atoms with van der Waals surface area (Å²) >= 11 is 0. The molecule has 60 valence electrons. The minimum absolute atomic E-state index is 0.562. The van der Waals surface area contributed by atoms with Crippen molar-refractivity contribution in [3.63, 3.8) is 0 Å². The van der Waals surface area contributed by atoms with Crippen LogP contribution in [0.15, 0.2) is 0 Å². The van der Waals surface area contributed by atoms with Gasteiger partial charge in [-0.3, -0.25) is 0 Å². The van der Waals surface area contributed by atoms with Gasteiger partial charge in [-0.2, -0.15) is 0 Å². The van der Waals surface area contributed by atoms with Crippen molar-refractivity contribution in [2.24, 2.45) is 11.8 Å². The van der Waals surface area contributed by atoms with E-state index in [1.54, 1.807) is 0 Å². The molecule has 0 N–H and O–H groups in total. The lowest BCUT2D eigenvalue weighted by atomic mass is 9.93. The van der Waals surface area contributed by atoms with E-state index in [0.29, 0.717) is 6.10 Å². The van der Waals surface area contributed by atoms with Gasteiger partial charge in [-0.15, -0.1) is 0 Å². The van der Waals surface area contributed by atoms with Crippen LogP contribution in [0.1, 0.15) is 33.6 Å². The largest absolute Gasteiger partial charge is 0.378 e. The van der Waals surface area contributed by atoms with Crippen LogP contribution in [0.3, 0.4) is 0 Å². The summed E-state index contributed by atoms with van der Waals surface area (Å²) in [5, 5.41) is 0. The lowest BCUT2D eigenvalue weighted by Crippen LogP contribution is -2.07. The molecule has 1 heteroatoms. The molecule has 0 spiro atoms. The maximum Gasteiger partial charge on any atom is 0.0576 e. The predicted molar refractivity (Wildman–Crippen MR) is 43.0 cm³/mol. The van der Waals surface area contributed by atoms with Crippen LogP contribution in [-0.2, 0) is 4.74 Å². The molecule has 0 aromatic heterocycles. The molecule has 0 aliphatic carbocycles. The monoisotopic (exact) mass is 142 g/mol. The molecule has 1 aliphatic rings. The molecule has 0 aromatic carbocycles. The standard InChI is InChI=1S/C9H18O/c1-4-9-5-8(6-10-9)7(2)3/h7-9H,4-6H2,1-3H3. The number of hydrogen-bond donors (Lipinski definition) is 0. The summed E-state index contributed by atoms with van der Waals surface area (Å²) in [6.45, 7) is 7.77. The average molecular weight is 142 g/mol. The third-order valence-corrected chi connectivity index (χ3v) is 2.51. The van der Waals surface area contributed by atoms with Crippen LogP contribution >= 0.6 is 0 Å². The second-order valence-corrected chi connectivity index (χ2v) is 3.60. The third kappa shape index (κ3) is 1.72. The predicted octanol–water partition coefficient (Wildman–Crippen LogP) is 2.46. The van der Waals surface area contributed by atoms with Gasteiger partial charge in [0.25, 0.3) is 0 Å². The Labute approximate surface area is 63.8 Å². The van der Waals surface area contributed by atoms with E-state index in [1.165, 1.54) is 12.8 Å². The average Bonchev–Trinajstić information content (AvgIpc) is 2.34. The summed E-state index contributed by atoms with van der Waals surface area (Å²) in [4.78, 5) is 0. The van der Waals surface area contributed by atoms with Crippen LogP contribution in [0.2, 0.25) is 0 Å². The van der Waals surface area contributed by atoms with Crippen molar-refractivity contribution in [1.82, 2.24) is 0 Å². The molecule has 0 saturated carbocycles. The topological polar surface area (TPSA) is 9.23 Å². The van der Waals surface area contributed by atoms with Gasteiger partial charge in [0.1, 0.15) is 0 Å². The quantitative estimate of drug-likeness (QED) is 0.575. The van der Waals surface area contributed by atoms with Crippen molar-refractivity contribution in [3.05, 3.63) is 0 Å². The Morgan fingerprint density at radius 3 is 2.50 bits per heavy atom. The first kappa shape index (κ1) is 8.06. The van der Waals surface area contributed by atoms with Gasteiger partial charge in [0.15, 0.2) is 0 Å². The van der Waals surface area contributed by atoms with Crippen LogP contribution in [0.25, 0.3) is 0 Å². The second-order valence-electron chi connectivity index (χ2n) is 3.60. The molecule has 1 saturated heterocycles. The fraction of sp³-hybridized carbons (Fsp3) is 1.00. The molecule has 1 fully saturated rings. The van der Waals surface area contributed by atoms with Gasteiger partial charge in [-0.05, 0) is 24.7 Å². The van der Waals surface area contributed by atoms with Gasteiger partial charge < -0.3 is 4.74 Å². The van der Waals surface area contributed by atoms with Gasteiger partial charge >= 0.3 is 0 Å². The summed E-state index contributed by atoms with van der Waals surface area (Å²) in [7, 11) is 0. The van der Waals surface area contributed by atoms with Gasteiger partial charge in [-0.1, -0.05) is 20.8 Å². The molecule has 0 bridgehead atoms. The van der Waals surface area contributed by atoms with E-state index in [0.717, 1.165) is 18.4 Å². The molecule has 2 atom stereocenters. The van der Waals surface area contributed by atoms with Crippen LogP contribution in [0.4, 0.5) is 0 Å². The maximum atomic E-state index is 5.58. The van der Waals surface area contributed by atoms with E-state index >= 15 is 0 Å². The normalized spacial score (nSPS) is 33.6. The fourth-order valence-corrected chi connectivity index (χ4v) is 1.48. The lowest BCUT2D eigenvalue weighted by Gasteiger charge is -2.10. The molecule has 1 heterocycles. The minimum atomic E-state index is 0.562. The van der Waals surface area contributed by atoms with E-state index < -0.39 is 0 Å². The lowest BCUT2D eigenvalue weighted by molar-refractivity contribution is 0.101. The van der Waals surface area contributed by atoms with Crippen molar-refractivity contribution in [2.45, 2.75) is 39.7 Å². The highest BCUT2D eigenvalue weighted by atomic mass is 16.5. The molecule has 2 unspecified atom stereocenters. The summed E-state index contributed by atoms with van der Waals surface area (Å²) in [6.07, 6.45) is 3.03. The van der Waals surface area contributed by atoms with Crippen molar-refractivity contribution in [3.8, 4) is 0 Å². The highest BCUT2D eigenvalue weighted by Crippen LogP contribution is 2.27. The Kier molecular flexibility index (Phi) is 2.72. The van der Waals surface area contributed by atoms with Gasteiger partial charge in [-0.25, -0.2) is 0 Å². The Hall–Kier alpha value is -0.0400. The van der Waals surface area contributed by atoms with E-state index in [2.05, 4.69) is 20.8 Å². The van der Waals surface area contributed by atoms with Crippen LogP contribution in [0.5, 0.6) is 0 Å². The van der Waals surface area contributed by atoms with Crippen LogP contribution in [-0.4, -0.2) is 12.7 Å². The molecule has 0 amide bonds. The summed E-state index contributed by atoms with van der Waals surface area (Å²) in [5.41, 5.74) is 0. The Balaban J connectivity index is 2.28. The first-order valence-corrected chi connectivity index (χ1v) is 4.35. The first-order valence-electron chi connectivity index (χ1n) is 4.35. The van der Waals surface area contributed by atoms with Crippen molar-refractivity contribution in [1.29, 1.82) is 0 Å². The zero-order valence-electron chi connectivity index (χ0n) is 7.26. The Morgan fingerprint density at radius 1 is 1.50 bits per heavy atom. The van der Waals surface area contributed by atoms with Crippen LogP contribution < -0.4 is 0 Å². The van der Waals surface area contributed by atoms with Crippen molar-refractivity contribution >= 4 is 0 Å². The van der Waals surface area contributed by atoms with Crippen LogP contribution in [0, 0.1) is 11.8 Å². The zero-order valence-corrected chi connectivity index (χ0v) is 7.26. The molecule has 0 radical (unpaired) electrons. The summed E-state index contributed by atoms with van der Waals surface area (Å²) < 4.78 is 5.58. The van der Waals surface area contributed by atoms with E-state index in [9.17, 15) is 0 Å². The second kappa shape index (κ2) is 3.38. The molecule has 0 aromatic rings. The molecular formula is C9H18O. The Morgan fingerprint density at radius 2 is 2.20 bits per heavy atom. The highest BCUT2D eigenvalue weighted by Gasteiger charge is 2.25. The fourth-order valence-electron chi connectivity index (χ4n) is 1.48. The first-order chi connectivity index (χ1) is 4.74. The highest BCUT2D eigenvalue weighted by molar-refractivity contribution is 4.74. The molecule has 10 heavy (non-hydrogen) atoms. The minimum Gasteiger partial charge on any atom is -0.378 e. The number of hydrogen-bond acceptors (Lipinski definition) is 1. The third-order valence-electron chi connectivity index (χ3n) is 2.51. The molecular weight excluding hydrogens is 124 g/mol. The van der Waals surface area contributed by atoms with E-state index in [1.807, 2.05) is 0 Å². The number of rotatable bonds is 2. The van der Waals surface area contributed by atoms with Gasteiger partial charge in [0.05, 0.1) is 12.7 Å². The smallest absolute Gasteiger partial charge is 0.0576 e. The zero-order chi connectivity index (χ0) is 7.56. The molecule has 1 rings (SSSR count). The van der Waals surface area contributed by atoms with Gasteiger partial charge in [0, 0.05) is 0 Å². The molecule has 1 nitrogen and oxygen atoms in total. The SMILES string of the molecule is CCC1CC(C(C)C)CO1.